The lowest BCUT2D eigenvalue weighted by Crippen LogP contribution is -2.03. The van der Waals surface area contributed by atoms with Crippen LogP contribution in [0.3, 0.4) is 0 Å². The first-order valence-electron chi connectivity index (χ1n) is 5.87. The molecule has 0 aliphatic heterocycles. The molecule has 0 atom stereocenters. The number of nitrogens with one attached hydrogen (secondary N) is 1. The third-order valence-electron chi connectivity index (χ3n) is 2.77. The summed E-state index contributed by atoms with van der Waals surface area (Å²) in [6.45, 7) is 0.248. The predicted octanol–water partition coefficient (Wildman–Crippen LogP) is 3.87. The van der Waals surface area contributed by atoms with Gasteiger partial charge in [0.05, 0.1) is 27.6 Å². The third-order valence-corrected chi connectivity index (χ3v) is 3.06. The van der Waals surface area contributed by atoms with Crippen LogP contribution in [0.1, 0.15) is 11.1 Å². The van der Waals surface area contributed by atoms with Gasteiger partial charge in [-0.15, -0.1) is 0 Å². The highest BCUT2D eigenvalue weighted by Gasteiger charge is 2.17. The molecule has 0 unspecified atom stereocenters. The van der Waals surface area contributed by atoms with E-state index < -0.39 is 16.4 Å². The van der Waals surface area contributed by atoms with Gasteiger partial charge in [0, 0.05) is 6.54 Å². The van der Waals surface area contributed by atoms with Crippen LogP contribution in [0.2, 0.25) is 5.02 Å². The fraction of sp³-hybridized carbons (Fsp3) is 0.0714. The molecule has 5 nitrogen and oxygen atoms in total. The smallest absolute Gasteiger partial charge is 0.295 e. The molecule has 0 amide bonds. The van der Waals surface area contributed by atoms with Crippen LogP contribution >= 0.6 is 11.6 Å². The minimum atomic E-state index is -0.847. The first-order valence-corrected chi connectivity index (χ1v) is 6.25. The minimum absolute atomic E-state index is 0.119. The standard InChI is InChI=1S/C14H9ClFN3O2/c15-11-5-13(14(19(20)21)6-12(11)16)18-8-10-3-1-2-9(4-10)7-17/h1-6,18H,8H2. The molecule has 2 aromatic carbocycles. The van der Waals surface area contributed by atoms with Crippen molar-refractivity contribution in [3.63, 3.8) is 0 Å². The third kappa shape index (κ3) is 3.46. The van der Waals surface area contributed by atoms with Crippen LogP contribution in [0.5, 0.6) is 0 Å². The maximum Gasteiger partial charge on any atom is 0.295 e. The summed E-state index contributed by atoms with van der Waals surface area (Å²) in [5.41, 5.74) is 0.979. The summed E-state index contributed by atoms with van der Waals surface area (Å²) in [6, 6.07) is 10.7. The SMILES string of the molecule is N#Cc1cccc(CNc2cc(Cl)c(F)cc2[N+](=O)[O-])c1. The van der Waals surface area contributed by atoms with Crippen molar-refractivity contribution in [1.82, 2.24) is 0 Å². The van der Waals surface area contributed by atoms with Crippen molar-refractivity contribution in [2.45, 2.75) is 6.54 Å². The van der Waals surface area contributed by atoms with Crippen molar-refractivity contribution in [3.8, 4) is 6.07 Å². The predicted molar refractivity (Wildman–Crippen MR) is 76.5 cm³/mol. The molecule has 7 heteroatoms. The van der Waals surface area contributed by atoms with E-state index in [-0.39, 0.29) is 17.3 Å². The molecule has 0 radical (unpaired) electrons. The number of halogens is 2. The van der Waals surface area contributed by atoms with Gasteiger partial charge in [0.25, 0.3) is 5.69 Å². The van der Waals surface area contributed by atoms with E-state index in [0.717, 1.165) is 11.6 Å². The average Bonchev–Trinajstić information content (AvgIpc) is 2.48. The molecule has 0 aliphatic carbocycles. The molecule has 0 spiro atoms. The van der Waals surface area contributed by atoms with Crippen LogP contribution in [-0.4, -0.2) is 4.92 Å². The second-order valence-corrected chi connectivity index (χ2v) is 4.61. The molecule has 106 valence electrons. The Hall–Kier alpha value is -2.65. The van der Waals surface area contributed by atoms with E-state index in [2.05, 4.69) is 5.32 Å². The van der Waals surface area contributed by atoms with Crippen molar-refractivity contribution in [1.29, 1.82) is 5.26 Å². The Morgan fingerprint density at radius 3 is 2.81 bits per heavy atom. The Kier molecular flexibility index (Phi) is 4.36. The molecule has 21 heavy (non-hydrogen) atoms. The topological polar surface area (TPSA) is 79.0 Å². The molecule has 0 saturated carbocycles. The van der Waals surface area contributed by atoms with Crippen LogP contribution in [0, 0.1) is 27.3 Å². The highest BCUT2D eigenvalue weighted by atomic mass is 35.5. The molecular formula is C14H9ClFN3O2. The van der Waals surface area contributed by atoms with Gasteiger partial charge >= 0.3 is 0 Å². The number of hydrogen-bond donors (Lipinski definition) is 1. The quantitative estimate of drug-likeness (QED) is 0.687. The average molecular weight is 306 g/mol. The minimum Gasteiger partial charge on any atom is -0.375 e. The summed E-state index contributed by atoms with van der Waals surface area (Å²) < 4.78 is 13.3. The molecule has 1 N–H and O–H groups in total. The van der Waals surface area contributed by atoms with E-state index in [1.54, 1.807) is 24.3 Å². The molecule has 0 aliphatic rings. The van der Waals surface area contributed by atoms with Gasteiger partial charge in [-0.1, -0.05) is 23.7 Å². The normalized spacial score (nSPS) is 9.95. The Bertz CT molecular complexity index is 743. The lowest BCUT2D eigenvalue weighted by atomic mass is 10.1. The number of hydrogen-bond acceptors (Lipinski definition) is 4. The van der Waals surface area contributed by atoms with Gasteiger partial charge < -0.3 is 5.32 Å². The fourth-order valence-electron chi connectivity index (χ4n) is 1.78. The summed E-state index contributed by atoms with van der Waals surface area (Å²) >= 11 is 5.64. The van der Waals surface area contributed by atoms with Crippen molar-refractivity contribution in [2.75, 3.05) is 5.32 Å². The molecule has 0 aromatic heterocycles. The zero-order valence-electron chi connectivity index (χ0n) is 10.6. The van der Waals surface area contributed by atoms with Gasteiger partial charge in [-0.05, 0) is 23.8 Å². The van der Waals surface area contributed by atoms with Gasteiger partial charge in [0.15, 0.2) is 0 Å². The van der Waals surface area contributed by atoms with Crippen molar-refractivity contribution >= 4 is 23.0 Å². The first-order chi connectivity index (χ1) is 10.0. The number of anilines is 1. The highest BCUT2D eigenvalue weighted by molar-refractivity contribution is 6.31. The molecule has 2 rings (SSSR count). The highest BCUT2D eigenvalue weighted by Crippen LogP contribution is 2.30. The van der Waals surface area contributed by atoms with Crippen molar-refractivity contribution in [2.24, 2.45) is 0 Å². The van der Waals surface area contributed by atoms with Gasteiger partial charge in [0.1, 0.15) is 11.5 Å². The summed E-state index contributed by atoms with van der Waals surface area (Å²) in [5, 5.41) is 22.4. The van der Waals surface area contributed by atoms with Crippen molar-refractivity contribution < 1.29 is 9.31 Å². The van der Waals surface area contributed by atoms with E-state index in [1.807, 2.05) is 6.07 Å². The molecule has 0 bridgehead atoms. The molecule has 0 saturated heterocycles. The Balaban J connectivity index is 2.25. The van der Waals surface area contributed by atoms with E-state index in [4.69, 9.17) is 16.9 Å². The van der Waals surface area contributed by atoms with E-state index >= 15 is 0 Å². The molecule has 0 fully saturated rings. The molecular weight excluding hydrogens is 297 g/mol. The second kappa shape index (κ2) is 6.20. The van der Waals surface area contributed by atoms with E-state index in [1.165, 1.54) is 6.07 Å². The van der Waals surface area contributed by atoms with Gasteiger partial charge in [-0.25, -0.2) is 4.39 Å². The monoisotopic (exact) mass is 305 g/mol. The number of nitriles is 1. The molecule has 0 heterocycles. The summed E-state index contributed by atoms with van der Waals surface area (Å²) in [5.74, 6) is -0.847. The van der Waals surface area contributed by atoms with Gasteiger partial charge in [0.2, 0.25) is 0 Å². The largest absolute Gasteiger partial charge is 0.375 e. The fourth-order valence-corrected chi connectivity index (χ4v) is 1.94. The Labute approximate surface area is 124 Å². The number of nitro benzene ring substituents is 1. The second-order valence-electron chi connectivity index (χ2n) is 4.21. The number of nitrogens with zero attached hydrogens (tertiary/aromatic N) is 2. The molecule has 2 aromatic rings. The lowest BCUT2D eigenvalue weighted by Gasteiger charge is -2.08. The van der Waals surface area contributed by atoms with Crippen LogP contribution in [0.15, 0.2) is 36.4 Å². The van der Waals surface area contributed by atoms with E-state index in [9.17, 15) is 14.5 Å². The zero-order valence-corrected chi connectivity index (χ0v) is 11.4. The van der Waals surface area contributed by atoms with Crippen LogP contribution in [-0.2, 0) is 6.54 Å². The zero-order chi connectivity index (χ0) is 15.4. The Morgan fingerprint density at radius 2 is 2.14 bits per heavy atom. The van der Waals surface area contributed by atoms with Crippen LogP contribution in [0.4, 0.5) is 15.8 Å². The maximum atomic E-state index is 13.3. The number of nitro groups is 1. The maximum absolute atomic E-state index is 13.3. The summed E-state index contributed by atoms with van der Waals surface area (Å²) in [6.07, 6.45) is 0. The van der Waals surface area contributed by atoms with Crippen molar-refractivity contribution in [3.05, 3.63) is 68.5 Å². The van der Waals surface area contributed by atoms with Gasteiger partial charge in [-0.2, -0.15) is 5.26 Å². The summed E-state index contributed by atoms with van der Waals surface area (Å²) in [4.78, 5) is 10.2. The summed E-state index contributed by atoms with van der Waals surface area (Å²) in [7, 11) is 0. The lowest BCUT2D eigenvalue weighted by molar-refractivity contribution is -0.384. The van der Waals surface area contributed by atoms with Crippen LogP contribution < -0.4 is 5.32 Å². The number of benzene rings is 2. The number of rotatable bonds is 4. The first kappa shape index (κ1) is 14.8. The van der Waals surface area contributed by atoms with Gasteiger partial charge in [-0.3, -0.25) is 10.1 Å². The van der Waals surface area contributed by atoms with Crippen LogP contribution in [0.25, 0.3) is 0 Å². The van der Waals surface area contributed by atoms with E-state index in [0.29, 0.717) is 5.56 Å². The Morgan fingerprint density at radius 1 is 1.38 bits per heavy atom.